The zero-order valence-electron chi connectivity index (χ0n) is 20.0. The molecule has 0 radical (unpaired) electrons. The quantitative estimate of drug-likeness (QED) is 0.220. The predicted molar refractivity (Wildman–Crippen MR) is 142 cm³/mol. The van der Waals surface area contributed by atoms with Crippen LogP contribution in [0.5, 0.6) is 11.5 Å². The number of anilines is 1. The molecule has 176 valence electrons. The average molecular weight is 463 g/mol. The number of hydrogen-bond donors (Lipinski definition) is 0. The van der Waals surface area contributed by atoms with Crippen molar-refractivity contribution >= 4 is 5.69 Å². The maximum absolute atomic E-state index is 8.91. The van der Waals surface area contributed by atoms with Crippen LogP contribution in [-0.2, 0) is 0 Å². The van der Waals surface area contributed by atoms with Gasteiger partial charge in [0.15, 0.2) is 0 Å². The number of rotatable bonds is 13. The zero-order valence-corrected chi connectivity index (χ0v) is 20.0. The second-order valence-corrected chi connectivity index (χ2v) is 8.08. The summed E-state index contributed by atoms with van der Waals surface area (Å²) in [4.78, 5) is 1.97. The highest BCUT2D eigenvalue weighted by molar-refractivity contribution is 5.65. The van der Waals surface area contributed by atoms with Gasteiger partial charge in [-0.05, 0) is 85.3 Å². The van der Waals surface area contributed by atoms with E-state index < -0.39 is 0 Å². The van der Waals surface area contributed by atoms with E-state index in [4.69, 9.17) is 27.6 Å². The molecular weight excluding hydrogens is 432 g/mol. The number of benzene rings is 3. The highest BCUT2D eigenvalue weighted by Crippen LogP contribution is 2.23. The van der Waals surface area contributed by atoms with Gasteiger partial charge in [-0.1, -0.05) is 36.1 Å². The SMILES string of the molecule is C#CCN(CC#C)c1ccc(OCCCCCCOc2ccc(-c3ccc(C#N)cc3)cc2)cc1. The second kappa shape index (κ2) is 14.0. The molecule has 0 aromatic heterocycles. The van der Waals surface area contributed by atoms with Crippen molar-refractivity contribution in [3.05, 3.63) is 78.4 Å². The van der Waals surface area contributed by atoms with Crippen molar-refractivity contribution in [3.8, 4) is 53.4 Å². The lowest BCUT2D eigenvalue weighted by Crippen LogP contribution is -2.23. The van der Waals surface area contributed by atoms with Crippen molar-refractivity contribution < 1.29 is 9.47 Å². The fraction of sp³-hybridized carbons (Fsp3) is 0.258. The van der Waals surface area contributed by atoms with Crippen LogP contribution >= 0.6 is 0 Å². The molecule has 0 N–H and O–H groups in total. The van der Waals surface area contributed by atoms with Gasteiger partial charge in [-0.25, -0.2) is 0 Å². The van der Waals surface area contributed by atoms with E-state index >= 15 is 0 Å². The molecule has 0 saturated carbocycles. The lowest BCUT2D eigenvalue weighted by atomic mass is 10.0. The highest BCUT2D eigenvalue weighted by Gasteiger charge is 2.04. The van der Waals surface area contributed by atoms with Gasteiger partial charge in [0, 0.05) is 5.69 Å². The van der Waals surface area contributed by atoms with E-state index in [2.05, 4.69) is 17.9 Å². The standard InChI is InChI=1S/C31H30N2O2/c1-3-21-33(22-4-2)29-15-19-31(20-16-29)35-24-8-6-5-7-23-34-30-17-13-28(14-18-30)27-11-9-26(25-32)10-12-27/h1-2,9-20H,5-8,21-24H2. The Morgan fingerprint density at radius 3 is 1.54 bits per heavy atom. The molecular formula is C31H30N2O2. The van der Waals surface area contributed by atoms with E-state index in [0.717, 1.165) is 54.0 Å². The van der Waals surface area contributed by atoms with Crippen LogP contribution in [0.2, 0.25) is 0 Å². The predicted octanol–water partition coefficient (Wildman–Crippen LogP) is 6.32. The van der Waals surface area contributed by atoms with E-state index in [0.29, 0.717) is 31.9 Å². The van der Waals surface area contributed by atoms with E-state index in [1.54, 1.807) is 0 Å². The number of nitrogens with zero attached hydrogens (tertiary/aromatic N) is 2. The number of terminal acetylenes is 2. The summed E-state index contributed by atoms with van der Waals surface area (Å²) < 4.78 is 11.7. The first-order chi connectivity index (χ1) is 17.2. The van der Waals surface area contributed by atoms with Crippen molar-refractivity contribution in [2.75, 3.05) is 31.2 Å². The smallest absolute Gasteiger partial charge is 0.119 e. The van der Waals surface area contributed by atoms with Crippen LogP contribution in [0.15, 0.2) is 72.8 Å². The summed E-state index contributed by atoms with van der Waals surface area (Å²) >= 11 is 0. The molecule has 0 aliphatic rings. The molecule has 0 amide bonds. The lowest BCUT2D eigenvalue weighted by Gasteiger charge is -2.19. The zero-order chi connectivity index (χ0) is 24.7. The van der Waals surface area contributed by atoms with Crippen molar-refractivity contribution in [2.24, 2.45) is 0 Å². The van der Waals surface area contributed by atoms with Gasteiger partial charge in [0.1, 0.15) is 11.5 Å². The van der Waals surface area contributed by atoms with Crippen LogP contribution in [0.25, 0.3) is 11.1 Å². The van der Waals surface area contributed by atoms with Crippen LogP contribution in [0.4, 0.5) is 5.69 Å². The number of nitriles is 1. The Kier molecular flexibility index (Phi) is 10.2. The molecule has 0 heterocycles. The summed E-state index contributed by atoms with van der Waals surface area (Å²) in [7, 11) is 0. The van der Waals surface area contributed by atoms with Gasteiger partial charge < -0.3 is 14.4 Å². The minimum absolute atomic E-state index is 0.484. The third kappa shape index (κ3) is 8.19. The van der Waals surface area contributed by atoms with Crippen LogP contribution in [0, 0.1) is 36.0 Å². The number of ether oxygens (including phenoxy) is 2. The van der Waals surface area contributed by atoms with E-state index in [9.17, 15) is 0 Å². The van der Waals surface area contributed by atoms with Gasteiger partial charge in [-0.15, -0.1) is 12.8 Å². The molecule has 0 aliphatic carbocycles. The maximum Gasteiger partial charge on any atom is 0.119 e. The number of hydrogen-bond acceptors (Lipinski definition) is 4. The summed E-state index contributed by atoms with van der Waals surface area (Å²) in [6.07, 6.45) is 15.0. The second-order valence-electron chi connectivity index (χ2n) is 8.08. The topological polar surface area (TPSA) is 45.5 Å². The Morgan fingerprint density at radius 2 is 1.09 bits per heavy atom. The average Bonchev–Trinajstić information content (AvgIpc) is 2.91. The molecule has 0 spiro atoms. The largest absolute Gasteiger partial charge is 0.494 e. The summed E-state index contributed by atoms with van der Waals surface area (Å²) in [6, 6.07) is 25.7. The molecule has 4 heteroatoms. The Hall–Kier alpha value is -4.33. The fourth-order valence-electron chi connectivity index (χ4n) is 3.63. The van der Waals surface area contributed by atoms with Crippen LogP contribution in [0.3, 0.4) is 0 Å². The molecule has 0 saturated heterocycles. The Labute approximate surface area is 209 Å². The van der Waals surface area contributed by atoms with E-state index in [1.165, 1.54) is 0 Å². The summed E-state index contributed by atoms with van der Waals surface area (Å²) in [5.74, 6) is 6.98. The normalized spacial score (nSPS) is 9.97. The highest BCUT2D eigenvalue weighted by atomic mass is 16.5. The van der Waals surface area contributed by atoms with Crippen molar-refractivity contribution in [2.45, 2.75) is 25.7 Å². The third-order valence-electron chi connectivity index (χ3n) is 5.54. The van der Waals surface area contributed by atoms with Gasteiger partial charge in [0.05, 0.1) is 37.9 Å². The minimum atomic E-state index is 0.484. The molecule has 0 atom stereocenters. The summed E-state index contributed by atoms with van der Waals surface area (Å²) in [5, 5.41) is 8.91. The van der Waals surface area contributed by atoms with Crippen molar-refractivity contribution in [3.63, 3.8) is 0 Å². The van der Waals surface area contributed by atoms with Gasteiger partial charge >= 0.3 is 0 Å². The Morgan fingerprint density at radius 1 is 0.629 bits per heavy atom. The summed E-state index contributed by atoms with van der Waals surface area (Å²) in [5.41, 5.74) is 3.86. The number of unbranched alkanes of at least 4 members (excludes halogenated alkanes) is 3. The lowest BCUT2D eigenvalue weighted by molar-refractivity contribution is 0.287. The van der Waals surface area contributed by atoms with Crippen LogP contribution < -0.4 is 14.4 Å². The molecule has 4 nitrogen and oxygen atoms in total. The molecule has 35 heavy (non-hydrogen) atoms. The molecule has 0 bridgehead atoms. The first kappa shape index (κ1) is 25.3. The fourth-order valence-corrected chi connectivity index (χ4v) is 3.63. The minimum Gasteiger partial charge on any atom is -0.494 e. The van der Waals surface area contributed by atoms with Crippen LogP contribution in [-0.4, -0.2) is 26.3 Å². The van der Waals surface area contributed by atoms with Crippen molar-refractivity contribution in [1.82, 2.24) is 0 Å². The van der Waals surface area contributed by atoms with Gasteiger partial charge in [-0.2, -0.15) is 5.26 Å². The molecule has 3 aromatic carbocycles. The van der Waals surface area contributed by atoms with Gasteiger partial charge in [0.25, 0.3) is 0 Å². The van der Waals surface area contributed by atoms with Crippen LogP contribution in [0.1, 0.15) is 31.2 Å². The van der Waals surface area contributed by atoms with E-state index in [-0.39, 0.29) is 0 Å². The molecule has 0 aliphatic heterocycles. The summed E-state index contributed by atoms with van der Waals surface area (Å²) in [6.45, 7) is 2.36. The van der Waals surface area contributed by atoms with Crippen molar-refractivity contribution in [1.29, 1.82) is 5.26 Å². The molecule has 0 unspecified atom stereocenters. The maximum atomic E-state index is 8.91. The monoisotopic (exact) mass is 462 g/mol. The molecule has 3 aromatic rings. The molecule has 3 rings (SSSR count). The van der Waals surface area contributed by atoms with Gasteiger partial charge in [0.2, 0.25) is 0 Å². The Bertz CT molecular complexity index is 1150. The first-order valence-electron chi connectivity index (χ1n) is 11.8. The van der Waals surface area contributed by atoms with E-state index in [1.807, 2.05) is 77.7 Å². The van der Waals surface area contributed by atoms with Gasteiger partial charge in [-0.3, -0.25) is 0 Å². The third-order valence-corrected chi connectivity index (χ3v) is 5.54. The molecule has 0 fully saturated rings. The first-order valence-corrected chi connectivity index (χ1v) is 11.8. The Balaban J connectivity index is 1.28.